The van der Waals surface area contributed by atoms with Gasteiger partial charge in [-0.15, -0.1) is 0 Å². The Kier molecular flexibility index (Phi) is 6.18. The van der Waals surface area contributed by atoms with Crippen LogP contribution in [0.3, 0.4) is 0 Å². The molecule has 1 aromatic heterocycles. The zero-order valence-electron chi connectivity index (χ0n) is 16.3. The molecular weight excluding hydrogens is 376 g/mol. The van der Waals surface area contributed by atoms with Gasteiger partial charge in [0, 0.05) is 25.8 Å². The number of sulfonamides is 1. The maximum atomic E-state index is 12.4. The lowest BCUT2D eigenvalue weighted by Gasteiger charge is -2.23. The van der Waals surface area contributed by atoms with E-state index >= 15 is 0 Å². The van der Waals surface area contributed by atoms with Crippen molar-refractivity contribution in [2.75, 3.05) is 35.1 Å². The number of amides is 1. The van der Waals surface area contributed by atoms with Gasteiger partial charge in [0.2, 0.25) is 15.9 Å². The van der Waals surface area contributed by atoms with Gasteiger partial charge in [0.15, 0.2) is 0 Å². The van der Waals surface area contributed by atoms with Gasteiger partial charge >= 0.3 is 0 Å². The number of para-hydroxylation sites is 1. The number of carbonyl (C=O) groups is 1. The highest BCUT2D eigenvalue weighted by molar-refractivity contribution is 7.92. The molecule has 3 rings (SSSR count). The van der Waals surface area contributed by atoms with Gasteiger partial charge in [-0.25, -0.2) is 13.4 Å². The van der Waals surface area contributed by atoms with Crippen LogP contribution in [0.5, 0.6) is 0 Å². The highest BCUT2D eigenvalue weighted by atomic mass is 32.2. The average molecular weight is 403 g/mol. The number of hydrogen-bond donors (Lipinski definition) is 1. The van der Waals surface area contributed by atoms with Crippen molar-refractivity contribution in [2.24, 2.45) is 0 Å². The summed E-state index contributed by atoms with van der Waals surface area (Å²) in [6, 6.07) is 11.0. The average Bonchev–Trinajstić information content (AvgIpc) is 3.19. The third-order valence-electron chi connectivity index (χ3n) is 4.80. The van der Waals surface area contributed by atoms with Crippen LogP contribution in [0, 0.1) is 6.92 Å². The molecule has 0 radical (unpaired) electrons. The number of carbonyl (C=O) groups excluding carboxylic acids is 1. The Morgan fingerprint density at radius 1 is 1.18 bits per heavy atom. The van der Waals surface area contributed by atoms with Gasteiger partial charge in [0.25, 0.3) is 0 Å². The van der Waals surface area contributed by atoms with Gasteiger partial charge in [-0.2, -0.15) is 0 Å². The minimum atomic E-state index is -3.58. The van der Waals surface area contributed by atoms with Crippen molar-refractivity contribution in [3.63, 3.8) is 0 Å². The second-order valence-corrected chi connectivity index (χ2v) is 8.96. The van der Waals surface area contributed by atoms with Gasteiger partial charge in [-0.3, -0.25) is 9.10 Å². The first-order valence-corrected chi connectivity index (χ1v) is 11.2. The van der Waals surface area contributed by atoms with Crippen LogP contribution in [-0.4, -0.2) is 45.2 Å². The smallest absolute Gasteiger partial charge is 0.241 e. The summed E-state index contributed by atoms with van der Waals surface area (Å²) in [4.78, 5) is 19.1. The lowest BCUT2D eigenvalue weighted by molar-refractivity contribution is -0.119. The number of nitrogens with one attached hydrogen (secondary N) is 1. The van der Waals surface area contributed by atoms with Gasteiger partial charge in [-0.05, 0) is 43.0 Å². The van der Waals surface area contributed by atoms with E-state index in [1.165, 1.54) is 12.8 Å². The van der Waals surface area contributed by atoms with E-state index in [-0.39, 0.29) is 12.5 Å². The maximum absolute atomic E-state index is 12.4. The zero-order chi connectivity index (χ0) is 20.1. The largest absolute Gasteiger partial charge is 0.357 e. The number of aryl methyl sites for hydroxylation is 1. The molecule has 1 saturated heterocycles. The van der Waals surface area contributed by atoms with Crippen molar-refractivity contribution >= 4 is 27.4 Å². The zero-order valence-corrected chi connectivity index (χ0v) is 17.1. The van der Waals surface area contributed by atoms with Crippen molar-refractivity contribution < 1.29 is 13.2 Å². The van der Waals surface area contributed by atoms with Crippen LogP contribution in [0.1, 0.15) is 24.0 Å². The van der Waals surface area contributed by atoms with E-state index in [2.05, 4.69) is 15.2 Å². The van der Waals surface area contributed by atoms with Crippen molar-refractivity contribution in [3.8, 4) is 0 Å². The van der Waals surface area contributed by atoms with Crippen LogP contribution < -0.4 is 14.5 Å². The van der Waals surface area contributed by atoms with Gasteiger partial charge in [0.05, 0.1) is 11.9 Å². The Hall–Kier alpha value is -2.61. The molecule has 1 aliphatic heterocycles. The molecule has 0 spiro atoms. The van der Waals surface area contributed by atoms with Crippen molar-refractivity contribution in [2.45, 2.75) is 26.3 Å². The number of pyridine rings is 1. The van der Waals surface area contributed by atoms with Crippen molar-refractivity contribution in [3.05, 3.63) is 53.7 Å². The second kappa shape index (κ2) is 8.60. The SMILES string of the molecule is Cc1ccccc1N(CC(=O)NCc1ccc(N2CCCC2)nc1)S(C)(=O)=O. The summed E-state index contributed by atoms with van der Waals surface area (Å²) < 4.78 is 25.5. The van der Waals surface area contributed by atoms with Crippen LogP contribution >= 0.6 is 0 Å². The predicted octanol–water partition coefficient (Wildman–Crippen LogP) is 2.07. The lowest BCUT2D eigenvalue weighted by atomic mass is 10.2. The molecule has 150 valence electrons. The van der Waals surface area contributed by atoms with Gasteiger partial charge in [0.1, 0.15) is 12.4 Å². The predicted molar refractivity (Wildman–Crippen MR) is 111 cm³/mol. The number of benzene rings is 1. The van der Waals surface area contributed by atoms with Gasteiger partial charge < -0.3 is 10.2 Å². The summed E-state index contributed by atoms with van der Waals surface area (Å²) in [5, 5.41) is 2.78. The van der Waals surface area contributed by atoms with E-state index in [1.807, 2.05) is 31.2 Å². The van der Waals surface area contributed by atoms with Gasteiger partial charge in [-0.1, -0.05) is 24.3 Å². The highest BCUT2D eigenvalue weighted by Gasteiger charge is 2.22. The summed E-state index contributed by atoms with van der Waals surface area (Å²) >= 11 is 0. The Morgan fingerprint density at radius 2 is 1.89 bits per heavy atom. The molecule has 0 bridgehead atoms. The summed E-state index contributed by atoms with van der Waals surface area (Å²) in [6.07, 6.45) is 5.24. The molecule has 1 amide bonds. The second-order valence-electron chi connectivity index (χ2n) is 7.05. The number of rotatable bonds is 7. The molecule has 1 aliphatic rings. The van der Waals surface area contributed by atoms with E-state index in [4.69, 9.17) is 0 Å². The molecule has 28 heavy (non-hydrogen) atoms. The molecule has 2 heterocycles. The van der Waals surface area contributed by atoms with E-state index in [0.717, 1.165) is 40.6 Å². The topological polar surface area (TPSA) is 82.6 Å². The molecule has 0 saturated carbocycles. The Bertz CT molecular complexity index is 923. The minimum absolute atomic E-state index is 0.261. The molecule has 0 aliphatic carbocycles. The van der Waals surface area contributed by atoms with E-state index in [9.17, 15) is 13.2 Å². The molecule has 0 atom stereocenters. The number of anilines is 2. The molecule has 1 fully saturated rings. The van der Waals surface area contributed by atoms with E-state index in [1.54, 1.807) is 18.3 Å². The van der Waals surface area contributed by atoms with Crippen molar-refractivity contribution in [1.82, 2.24) is 10.3 Å². The van der Waals surface area contributed by atoms with E-state index < -0.39 is 10.0 Å². The number of aromatic nitrogens is 1. The fourth-order valence-corrected chi connectivity index (χ4v) is 4.18. The number of nitrogens with zero attached hydrogens (tertiary/aromatic N) is 3. The van der Waals surface area contributed by atoms with Crippen LogP contribution in [-0.2, 0) is 21.4 Å². The third-order valence-corrected chi connectivity index (χ3v) is 5.93. The van der Waals surface area contributed by atoms with E-state index in [0.29, 0.717) is 12.2 Å². The fraction of sp³-hybridized carbons (Fsp3) is 0.400. The first kappa shape index (κ1) is 20.1. The molecule has 1 aromatic carbocycles. The molecular formula is C20H26N4O3S. The van der Waals surface area contributed by atoms with Crippen LogP contribution in [0.15, 0.2) is 42.6 Å². The monoisotopic (exact) mass is 402 g/mol. The third kappa shape index (κ3) is 5.01. The molecule has 8 heteroatoms. The molecule has 2 aromatic rings. The fourth-order valence-electron chi connectivity index (χ4n) is 3.27. The normalized spacial score (nSPS) is 14.1. The quantitative estimate of drug-likeness (QED) is 0.767. The lowest BCUT2D eigenvalue weighted by Crippen LogP contribution is -2.40. The first-order valence-electron chi connectivity index (χ1n) is 9.34. The van der Waals surface area contributed by atoms with Crippen LogP contribution in [0.4, 0.5) is 11.5 Å². The first-order chi connectivity index (χ1) is 13.3. The van der Waals surface area contributed by atoms with Crippen LogP contribution in [0.2, 0.25) is 0 Å². The number of hydrogen-bond acceptors (Lipinski definition) is 5. The Labute approximate surface area is 166 Å². The molecule has 0 unspecified atom stereocenters. The highest BCUT2D eigenvalue weighted by Crippen LogP contribution is 2.21. The van der Waals surface area contributed by atoms with Crippen molar-refractivity contribution in [1.29, 1.82) is 0 Å². The Balaban J connectivity index is 1.61. The van der Waals surface area contributed by atoms with Crippen LogP contribution in [0.25, 0.3) is 0 Å². The molecule has 1 N–H and O–H groups in total. The Morgan fingerprint density at radius 3 is 2.50 bits per heavy atom. The summed E-state index contributed by atoms with van der Waals surface area (Å²) in [5.74, 6) is 0.590. The minimum Gasteiger partial charge on any atom is -0.357 e. The molecule has 7 nitrogen and oxygen atoms in total. The maximum Gasteiger partial charge on any atom is 0.241 e. The standard InChI is InChI=1S/C20H26N4O3S/c1-16-7-3-4-8-18(16)24(28(2,26)27)15-20(25)22-14-17-9-10-19(21-13-17)23-11-5-6-12-23/h3-4,7-10,13H,5-6,11-12,14-15H2,1-2H3,(H,22,25). The summed E-state index contributed by atoms with van der Waals surface area (Å²) in [6.45, 7) is 3.92. The summed E-state index contributed by atoms with van der Waals surface area (Å²) in [5.41, 5.74) is 2.18. The summed E-state index contributed by atoms with van der Waals surface area (Å²) in [7, 11) is -3.58.